The smallest absolute Gasteiger partial charge is 0.264 e. The van der Waals surface area contributed by atoms with Crippen LogP contribution in [0.4, 0.5) is 0 Å². The summed E-state index contributed by atoms with van der Waals surface area (Å²) in [6, 6.07) is 8.14. The van der Waals surface area contributed by atoms with Crippen LogP contribution in [0.15, 0.2) is 53.8 Å². The van der Waals surface area contributed by atoms with E-state index in [1.165, 1.54) is 24.5 Å². The predicted octanol–water partition coefficient (Wildman–Crippen LogP) is 4.31. The number of benzene rings is 2. The lowest BCUT2D eigenvalue weighted by Crippen LogP contribution is -2.50. The molecule has 1 N–H and O–H groups in total. The summed E-state index contributed by atoms with van der Waals surface area (Å²) in [5.41, 5.74) is 3.21. The number of nitrogens with zero attached hydrogens (tertiary/aromatic N) is 5. The van der Waals surface area contributed by atoms with Crippen molar-refractivity contribution in [1.29, 1.82) is 0 Å². The van der Waals surface area contributed by atoms with Gasteiger partial charge in [-0.1, -0.05) is 40.5 Å². The van der Waals surface area contributed by atoms with E-state index in [9.17, 15) is 13.2 Å². The third-order valence-electron chi connectivity index (χ3n) is 7.57. The average molecular weight is 620 g/mol. The van der Waals surface area contributed by atoms with Crippen molar-refractivity contribution in [1.82, 2.24) is 29.5 Å². The Balaban J connectivity index is 1.38. The Kier molecular flexibility index (Phi) is 8.34. The number of rotatable bonds is 8. The number of carbonyl (C=O) groups is 1. The highest BCUT2D eigenvalue weighted by Gasteiger charge is 2.37. The van der Waals surface area contributed by atoms with E-state index in [2.05, 4.69) is 59.6 Å². The number of carbonyl (C=O) groups excluding carboxylic acids is 1. The lowest BCUT2D eigenvalue weighted by Gasteiger charge is -2.31. The van der Waals surface area contributed by atoms with Gasteiger partial charge in [0.2, 0.25) is 5.91 Å². The van der Waals surface area contributed by atoms with Crippen molar-refractivity contribution in [2.24, 2.45) is 0 Å². The zero-order chi connectivity index (χ0) is 29.5. The van der Waals surface area contributed by atoms with Gasteiger partial charge in [-0.25, -0.2) is 13.1 Å². The van der Waals surface area contributed by atoms with Gasteiger partial charge in [-0.05, 0) is 57.1 Å². The SMILES string of the molecule is Cc1c(Cl)cc(S(=O)(=O)N2C=CNC(=O)C2Cc2cn(C3CCOc4cc(CN(C)C(C)C)ccc43)nn2)cc1Cl. The number of sulfonamides is 1. The number of nitrogens with one attached hydrogen (secondary N) is 1. The second-order valence-corrected chi connectivity index (χ2v) is 13.3. The molecule has 3 aromatic rings. The van der Waals surface area contributed by atoms with Crippen molar-refractivity contribution >= 4 is 39.1 Å². The van der Waals surface area contributed by atoms with Crippen LogP contribution >= 0.6 is 23.2 Å². The molecular formula is C28H32Cl2N6O4S. The summed E-state index contributed by atoms with van der Waals surface area (Å²) in [4.78, 5) is 15.1. The number of hydrogen-bond donors (Lipinski definition) is 1. The maximum absolute atomic E-state index is 13.6. The molecule has 0 saturated heterocycles. The minimum atomic E-state index is -4.16. The molecule has 2 atom stereocenters. The van der Waals surface area contributed by atoms with Gasteiger partial charge in [0.05, 0.1) is 23.2 Å². The zero-order valence-electron chi connectivity index (χ0n) is 23.2. The van der Waals surface area contributed by atoms with Crippen molar-refractivity contribution in [2.75, 3.05) is 13.7 Å². The number of hydrogen-bond acceptors (Lipinski definition) is 7. The van der Waals surface area contributed by atoms with Gasteiger partial charge >= 0.3 is 0 Å². The fraction of sp³-hybridized carbons (Fsp3) is 0.393. The number of fused-ring (bicyclic) bond motifs is 1. The maximum Gasteiger partial charge on any atom is 0.264 e. The first-order chi connectivity index (χ1) is 19.5. The van der Waals surface area contributed by atoms with E-state index in [4.69, 9.17) is 27.9 Å². The summed E-state index contributed by atoms with van der Waals surface area (Å²) in [7, 11) is -2.07. The molecule has 0 fully saturated rings. The van der Waals surface area contributed by atoms with Crippen LogP contribution in [0.5, 0.6) is 5.75 Å². The highest BCUT2D eigenvalue weighted by Crippen LogP contribution is 2.36. The van der Waals surface area contributed by atoms with E-state index < -0.39 is 22.0 Å². The van der Waals surface area contributed by atoms with Gasteiger partial charge in [0.15, 0.2) is 0 Å². The summed E-state index contributed by atoms with van der Waals surface area (Å²) in [5, 5.41) is 11.7. The van der Waals surface area contributed by atoms with Gasteiger partial charge < -0.3 is 10.1 Å². The van der Waals surface area contributed by atoms with E-state index in [0.29, 0.717) is 30.3 Å². The highest BCUT2D eigenvalue weighted by molar-refractivity contribution is 7.89. The topological polar surface area (TPSA) is 110 Å². The molecule has 0 bridgehead atoms. The molecule has 0 radical (unpaired) electrons. The molecule has 2 aromatic carbocycles. The molecule has 0 aliphatic carbocycles. The Bertz CT molecular complexity index is 1580. The summed E-state index contributed by atoms with van der Waals surface area (Å²) in [6.07, 6.45) is 5.08. The summed E-state index contributed by atoms with van der Waals surface area (Å²) in [6.45, 7) is 7.35. The first-order valence-corrected chi connectivity index (χ1v) is 15.5. The zero-order valence-corrected chi connectivity index (χ0v) is 25.5. The fourth-order valence-electron chi connectivity index (χ4n) is 4.85. The molecule has 0 saturated carbocycles. The molecular weight excluding hydrogens is 587 g/mol. The lowest BCUT2D eigenvalue weighted by atomic mass is 9.98. The Hall–Kier alpha value is -3.12. The van der Waals surface area contributed by atoms with Gasteiger partial charge in [-0.2, -0.15) is 0 Å². The van der Waals surface area contributed by atoms with Gasteiger partial charge in [0.1, 0.15) is 11.8 Å². The second-order valence-electron chi connectivity index (χ2n) is 10.6. The molecule has 5 rings (SSSR count). The third-order valence-corrected chi connectivity index (χ3v) is 10.1. The Morgan fingerprint density at radius 2 is 1.93 bits per heavy atom. The van der Waals surface area contributed by atoms with Crippen LogP contribution < -0.4 is 10.1 Å². The second kappa shape index (κ2) is 11.6. The van der Waals surface area contributed by atoms with Gasteiger partial charge in [-0.3, -0.25) is 14.0 Å². The van der Waals surface area contributed by atoms with E-state index >= 15 is 0 Å². The Labute approximate surface area is 249 Å². The molecule has 1 amide bonds. The first kappa shape index (κ1) is 29.4. The maximum atomic E-state index is 13.6. The van der Waals surface area contributed by atoms with Crippen molar-refractivity contribution in [3.8, 4) is 5.75 Å². The van der Waals surface area contributed by atoms with Crippen LogP contribution in [0, 0.1) is 6.92 Å². The van der Waals surface area contributed by atoms with E-state index in [0.717, 1.165) is 27.7 Å². The van der Waals surface area contributed by atoms with Crippen LogP contribution in [-0.4, -0.2) is 64.3 Å². The molecule has 218 valence electrons. The monoisotopic (exact) mass is 618 g/mol. The normalized spacial score (nSPS) is 18.9. The van der Waals surface area contributed by atoms with Crippen molar-refractivity contribution in [3.63, 3.8) is 0 Å². The third kappa shape index (κ3) is 5.94. The summed E-state index contributed by atoms with van der Waals surface area (Å²) in [5.74, 6) is 0.336. The highest BCUT2D eigenvalue weighted by atomic mass is 35.5. The van der Waals surface area contributed by atoms with Gasteiger partial charge in [0.25, 0.3) is 10.0 Å². The molecule has 41 heavy (non-hydrogen) atoms. The molecule has 2 aliphatic heterocycles. The van der Waals surface area contributed by atoms with Crippen LogP contribution in [0.25, 0.3) is 0 Å². The van der Waals surface area contributed by atoms with Crippen molar-refractivity contribution in [2.45, 2.75) is 63.2 Å². The Morgan fingerprint density at radius 3 is 2.63 bits per heavy atom. The fourth-order valence-corrected chi connectivity index (χ4v) is 6.97. The van der Waals surface area contributed by atoms with Crippen LogP contribution in [0.1, 0.15) is 48.7 Å². The first-order valence-electron chi connectivity index (χ1n) is 13.3. The quantitative estimate of drug-likeness (QED) is 0.400. The summed E-state index contributed by atoms with van der Waals surface area (Å²) >= 11 is 12.4. The van der Waals surface area contributed by atoms with Crippen molar-refractivity contribution in [3.05, 3.63) is 81.4 Å². The molecule has 3 heterocycles. The molecule has 1 aromatic heterocycles. The number of ether oxygens (including phenoxy) is 1. The molecule has 13 heteroatoms. The van der Waals surface area contributed by atoms with Crippen LogP contribution in [0.3, 0.4) is 0 Å². The van der Waals surface area contributed by atoms with E-state index in [-0.39, 0.29) is 27.4 Å². The minimum Gasteiger partial charge on any atom is -0.493 e. The van der Waals surface area contributed by atoms with Gasteiger partial charge in [-0.15, -0.1) is 5.10 Å². The standard InChI is InChI=1S/C28H32Cl2N6O4S/c1-17(2)34(4)15-19-5-6-22-25(7-10-40-27(22)11-19)35-16-20(32-33-35)12-26-28(37)31-8-9-36(26)41(38,39)21-13-23(29)18(3)24(30)14-21/h5-6,8-9,11,13-14,16-17,25-26H,7,10,12,15H2,1-4H3,(H,31,37). The minimum absolute atomic E-state index is 0.0132. The molecule has 10 nitrogen and oxygen atoms in total. The van der Waals surface area contributed by atoms with E-state index in [1.807, 2.05) is 0 Å². The summed E-state index contributed by atoms with van der Waals surface area (Å²) < 4.78 is 35.9. The predicted molar refractivity (Wildman–Crippen MR) is 156 cm³/mol. The molecule has 0 spiro atoms. The van der Waals surface area contributed by atoms with Crippen molar-refractivity contribution < 1.29 is 17.9 Å². The Morgan fingerprint density at radius 1 is 1.20 bits per heavy atom. The van der Waals surface area contributed by atoms with Crippen LogP contribution in [-0.2, 0) is 27.8 Å². The molecule has 2 aliphatic rings. The average Bonchev–Trinajstić information content (AvgIpc) is 3.40. The van der Waals surface area contributed by atoms with Gasteiger partial charge in [0, 0.05) is 59.6 Å². The van der Waals surface area contributed by atoms with E-state index in [1.54, 1.807) is 17.8 Å². The number of aromatic nitrogens is 3. The van der Waals surface area contributed by atoms with Crippen LogP contribution in [0.2, 0.25) is 10.0 Å². The number of amides is 1. The number of halogens is 2. The largest absolute Gasteiger partial charge is 0.493 e. The lowest BCUT2D eigenvalue weighted by molar-refractivity contribution is -0.124. The molecule has 2 unspecified atom stereocenters.